The Kier molecular flexibility index (Phi) is 6.79. The van der Waals surface area contributed by atoms with Crippen LogP contribution in [0.2, 0.25) is 0 Å². The molecule has 1 aliphatic rings. The summed E-state index contributed by atoms with van der Waals surface area (Å²) in [7, 11) is 0. The molecule has 0 aromatic carbocycles. The van der Waals surface area contributed by atoms with Crippen molar-refractivity contribution in [2.45, 2.75) is 64.8 Å². The summed E-state index contributed by atoms with van der Waals surface area (Å²) in [6, 6.07) is 0.683. The minimum atomic E-state index is 0.683. The summed E-state index contributed by atoms with van der Waals surface area (Å²) in [4.78, 5) is 0. The Balaban J connectivity index is 2.54. The summed E-state index contributed by atoms with van der Waals surface area (Å²) < 4.78 is 0. The van der Waals surface area contributed by atoms with E-state index in [2.05, 4.69) is 31.8 Å². The van der Waals surface area contributed by atoms with Gasteiger partial charge in [-0.1, -0.05) is 45.6 Å². The normalized spacial score (nSPS) is 27.6. The van der Waals surface area contributed by atoms with E-state index in [0.717, 1.165) is 24.8 Å². The van der Waals surface area contributed by atoms with Gasteiger partial charge in [-0.2, -0.15) is 0 Å². The monoisotopic (exact) mass is 223 g/mol. The van der Waals surface area contributed by atoms with Crippen molar-refractivity contribution in [1.82, 2.24) is 5.32 Å². The van der Waals surface area contributed by atoms with E-state index in [4.69, 9.17) is 0 Å². The molecule has 1 heteroatoms. The number of hydrogen-bond acceptors (Lipinski definition) is 1. The summed E-state index contributed by atoms with van der Waals surface area (Å²) in [5.41, 5.74) is 0. The van der Waals surface area contributed by atoms with Crippen molar-refractivity contribution in [3.05, 3.63) is 12.7 Å². The van der Waals surface area contributed by atoms with Crippen molar-refractivity contribution in [2.75, 3.05) is 6.54 Å². The third-order valence-corrected chi connectivity index (χ3v) is 4.09. The quantitative estimate of drug-likeness (QED) is 0.639. The minimum Gasteiger partial charge on any atom is -0.313 e. The number of rotatable bonds is 7. The van der Waals surface area contributed by atoms with Gasteiger partial charge >= 0.3 is 0 Å². The second-order valence-electron chi connectivity index (χ2n) is 5.20. The van der Waals surface area contributed by atoms with Gasteiger partial charge in [0.1, 0.15) is 0 Å². The molecule has 16 heavy (non-hydrogen) atoms. The lowest BCUT2D eigenvalue weighted by Gasteiger charge is -2.37. The smallest absolute Gasteiger partial charge is 0.0132 e. The minimum absolute atomic E-state index is 0.683. The van der Waals surface area contributed by atoms with Crippen LogP contribution in [0, 0.1) is 11.8 Å². The van der Waals surface area contributed by atoms with Crippen molar-refractivity contribution in [1.29, 1.82) is 0 Å². The molecule has 0 amide bonds. The zero-order valence-electron chi connectivity index (χ0n) is 11.2. The predicted molar refractivity (Wildman–Crippen MR) is 72.6 cm³/mol. The lowest BCUT2D eigenvalue weighted by atomic mass is 9.73. The van der Waals surface area contributed by atoms with Gasteiger partial charge in [0.25, 0.3) is 0 Å². The van der Waals surface area contributed by atoms with Gasteiger partial charge in [-0.15, -0.1) is 6.58 Å². The van der Waals surface area contributed by atoms with Crippen molar-refractivity contribution in [3.63, 3.8) is 0 Å². The number of hydrogen-bond donors (Lipinski definition) is 1. The van der Waals surface area contributed by atoms with Gasteiger partial charge in [0.15, 0.2) is 0 Å². The maximum atomic E-state index is 3.91. The van der Waals surface area contributed by atoms with Crippen LogP contribution in [0.3, 0.4) is 0 Å². The molecule has 1 fully saturated rings. The van der Waals surface area contributed by atoms with E-state index in [9.17, 15) is 0 Å². The SMILES string of the molecule is C=CCC(NCCC)C1CCCCC1CC. The Morgan fingerprint density at radius 2 is 2.06 bits per heavy atom. The highest BCUT2D eigenvalue weighted by atomic mass is 14.9. The lowest BCUT2D eigenvalue weighted by Crippen LogP contribution is -2.41. The molecule has 1 rings (SSSR count). The van der Waals surface area contributed by atoms with E-state index in [1.165, 1.54) is 38.5 Å². The van der Waals surface area contributed by atoms with Crippen molar-refractivity contribution in [2.24, 2.45) is 11.8 Å². The van der Waals surface area contributed by atoms with E-state index in [-0.39, 0.29) is 0 Å². The third-order valence-electron chi connectivity index (χ3n) is 4.09. The molecule has 1 N–H and O–H groups in total. The van der Waals surface area contributed by atoms with E-state index >= 15 is 0 Å². The van der Waals surface area contributed by atoms with E-state index in [0.29, 0.717) is 6.04 Å². The van der Waals surface area contributed by atoms with Crippen molar-refractivity contribution >= 4 is 0 Å². The molecule has 1 nitrogen and oxygen atoms in total. The maximum Gasteiger partial charge on any atom is 0.0132 e. The average Bonchev–Trinajstić information content (AvgIpc) is 2.34. The first-order valence-electron chi connectivity index (χ1n) is 7.17. The molecule has 0 saturated heterocycles. The fourth-order valence-corrected chi connectivity index (χ4v) is 3.19. The highest BCUT2D eigenvalue weighted by Gasteiger charge is 2.29. The van der Waals surface area contributed by atoms with Crippen LogP contribution in [0.5, 0.6) is 0 Å². The Morgan fingerprint density at radius 3 is 2.69 bits per heavy atom. The van der Waals surface area contributed by atoms with Crippen molar-refractivity contribution < 1.29 is 0 Å². The molecule has 0 aromatic rings. The lowest BCUT2D eigenvalue weighted by molar-refractivity contribution is 0.175. The molecule has 0 aliphatic heterocycles. The molecule has 0 radical (unpaired) electrons. The van der Waals surface area contributed by atoms with Gasteiger partial charge in [-0.05, 0) is 37.6 Å². The van der Waals surface area contributed by atoms with Crippen molar-refractivity contribution in [3.8, 4) is 0 Å². The second-order valence-corrected chi connectivity index (χ2v) is 5.20. The van der Waals surface area contributed by atoms with Gasteiger partial charge in [-0.25, -0.2) is 0 Å². The highest BCUT2D eigenvalue weighted by molar-refractivity contribution is 4.88. The highest BCUT2D eigenvalue weighted by Crippen LogP contribution is 2.35. The van der Waals surface area contributed by atoms with Crippen LogP contribution in [-0.4, -0.2) is 12.6 Å². The Morgan fingerprint density at radius 1 is 1.31 bits per heavy atom. The molecular weight excluding hydrogens is 194 g/mol. The largest absolute Gasteiger partial charge is 0.313 e. The van der Waals surface area contributed by atoms with E-state index in [1.54, 1.807) is 0 Å². The molecule has 3 unspecified atom stereocenters. The molecule has 1 saturated carbocycles. The van der Waals surface area contributed by atoms with Crippen LogP contribution in [-0.2, 0) is 0 Å². The summed E-state index contributed by atoms with van der Waals surface area (Å²) >= 11 is 0. The molecule has 0 bridgehead atoms. The summed E-state index contributed by atoms with van der Waals surface area (Å²) in [5.74, 6) is 1.84. The molecular formula is C15H29N. The van der Waals surface area contributed by atoms with Gasteiger partial charge in [0, 0.05) is 6.04 Å². The Hall–Kier alpha value is -0.300. The first-order valence-corrected chi connectivity index (χ1v) is 7.17. The fourth-order valence-electron chi connectivity index (χ4n) is 3.19. The van der Waals surface area contributed by atoms with Gasteiger partial charge in [-0.3, -0.25) is 0 Å². The first-order chi connectivity index (χ1) is 7.83. The zero-order valence-corrected chi connectivity index (χ0v) is 11.2. The molecule has 0 spiro atoms. The standard InChI is InChI=1S/C15H29N/c1-4-9-15(16-12-5-2)14-11-8-7-10-13(14)6-3/h4,13-16H,1,5-12H2,2-3H3. The summed E-state index contributed by atoms with van der Waals surface area (Å²) in [6.45, 7) is 9.67. The Bertz CT molecular complexity index is 188. The van der Waals surface area contributed by atoms with Crippen LogP contribution < -0.4 is 5.32 Å². The maximum absolute atomic E-state index is 3.91. The van der Waals surface area contributed by atoms with E-state index < -0.39 is 0 Å². The van der Waals surface area contributed by atoms with Crippen LogP contribution in [0.25, 0.3) is 0 Å². The fraction of sp³-hybridized carbons (Fsp3) is 0.867. The summed E-state index contributed by atoms with van der Waals surface area (Å²) in [5, 5.41) is 3.73. The van der Waals surface area contributed by atoms with Gasteiger partial charge in [0.2, 0.25) is 0 Å². The van der Waals surface area contributed by atoms with Crippen LogP contribution in [0.4, 0.5) is 0 Å². The van der Waals surface area contributed by atoms with Crippen LogP contribution in [0.1, 0.15) is 58.8 Å². The third kappa shape index (κ3) is 3.93. The second kappa shape index (κ2) is 7.89. The average molecular weight is 223 g/mol. The zero-order chi connectivity index (χ0) is 11.8. The van der Waals surface area contributed by atoms with Gasteiger partial charge in [0.05, 0.1) is 0 Å². The van der Waals surface area contributed by atoms with Gasteiger partial charge < -0.3 is 5.32 Å². The first kappa shape index (κ1) is 13.8. The number of nitrogens with one attached hydrogen (secondary N) is 1. The molecule has 94 valence electrons. The molecule has 3 atom stereocenters. The Labute approximate surface area is 102 Å². The van der Waals surface area contributed by atoms with Crippen LogP contribution in [0.15, 0.2) is 12.7 Å². The molecule has 1 aliphatic carbocycles. The molecule has 0 heterocycles. The topological polar surface area (TPSA) is 12.0 Å². The predicted octanol–water partition coefficient (Wildman–Crippen LogP) is 4.15. The molecule has 0 aromatic heterocycles. The van der Waals surface area contributed by atoms with Crippen LogP contribution >= 0.6 is 0 Å². The summed E-state index contributed by atoms with van der Waals surface area (Å²) in [6.07, 6.45) is 11.6. The van der Waals surface area contributed by atoms with E-state index in [1.807, 2.05) is 0 Å².